The molecule has 0 aromatic heterocycles. The van der Waals surface area contributed by atoms with E-state index >= 15 is 0 Å². The molecule has 3 heterocycles. The number of carbonyl (C=O) groups excluding carboxylic acids is 6. The minimum Gasteiger partial charge on any atom is -0.460 e. The number of hydrogen-bond acceptors (Lipinski definition) is 15. The summed E-state index contributed by atoms with van der Waals surface area (Å²) >= 11 is 0. The fraction of sp³-hybridized carbons (Fsp3) is 0.750. The predicted molar refractivity (Wildman–Crippen MR) is 273 cm³/mol. The molecule has 0 spiro atoms. The molecular weight excluding hydrogens is 943 g/mol. The van der Waals surface area contributed by atoms with E-state index in [2.05, 4.69) is 0 Å². The molecule has 4 rings (SSSR count). The van der Waals surface area contributed by atoms with Crippen molar-refractivity contribution < 1.29 is 77.6 Å². The van der Waals surface area contributed by atoms with Crippen LogP contribution in [0.4, 0.5) is 0 Å². The van der Waals surface area contributed by atoms with E-state index in [9.17, 15) is 49.2 Å². The maximum absolute atomic E-state index is 14.5. The van der Waals surface area contributed by atoms with Gasteiger partial charge in [-0.15, -0.1) is 0 Å². The van der Waals surface area contributed by atoms with E-state index < -0.39 is 115 Å². The first-order valence-corrected chi connectivity index (χ1v) is 26.4. The summed E-state index contributed by atoms with van der Waals surface area (Å²) in [5.74, 6) is -8.89. The van der Waals surface area contributed by atoms with Gasteiger partial charge in [0.2, 0.25) is 5.79 Å². The highest BCUT2D eigenvalue weighted by atomic mass is 16.6. The zero-order valence-corrected chi connectivity index (χ0v) is 45.3. The lowest BCUT2D eigenvalue weighted by atomic mass is 9.78. The van der Waals surface area contributed by atoms with Crippen LogP contribution < -0.4 is 0 Å². The number of piperidine rings is 1. The van der Waals surface area contributed by atoms with E-state index in [-0.39, 0.29) is 48.7 Å². The van der Waals surface area contributed by atoms with E-state index in [1.165, 1.54) is 26.0 Å². The van der Waals surface area contributed by atoms with Crippen LogP contribution in [0.15, 0.2) is 47.6 Å². The Labute approximate surface area is 433 Å². The van der Waals surface area contributed by atoms with Crippen molar-refractivity contribution >= 4 is 35.2 Å². The Morgan fingerprint density at radius 2 is 1.59 bits per heavy atom. The first-order chi connectivity index (χ1) is 34.5. The third-order valence-electron chi connectivity index (χ3n) is 15.9. The Morgan fingerprint density at radius 3 is 2.23 bits per heavy atom. The maximum atomic E-state index is 14.5. The minimum atomic E-state index is -2.46. The Balaban J connectivity index is 1.69. The number of ether oxygens (including phenoxy) is 6. The van der Waals surface area contributed by atoms with Gasteiger partial charge in [0.25, 0.3) is 11.7 Å². The quantitative estimate of drug-likeness (QED) is 0.0888. The molecule has 17 heteroatoms. The number of rotatable bonds is 10. The average Bonchev–Trinajstić information content (AvgIpc) is 3.37. The van der Waals surface area contributed by atoms with Crippen LogP contribution in [0.25, 0.3) is 0 Å². The standard InChI is InChI=1S/C56H87NO16/c1-33-17-13-12-14-18-34(2)45(68-9)29-41-22-20-39(7)56(67,73-41)51(63)52(64)57-24-16-15-19-42(57)53(65)71-46(30-43(60)35(3)26-38(6)49(62)50(70-11)48(61)37(5)25-33)36(4)27-40-21-23-44(47(28-40)69-10)72-54(66)55(8,31-58)32-59/h12-14,17-18,26,33,35-37,39-42,44-47,49-50,58-59,62,67H,15-16,19-25,27-32H2,1-11H3/p+1/b14-12+,17-13+,34-18+,38-26+/t33-,35-,36+,37-,39-,40+,41+,42+,44-,45+,46+,47-,49-,50+,56-/m1/s1. The Kier molecular flexibility index (Phi) is 23.9. The van der Waals surface area contributed by atoms with Gasteiger partial charge in [-0.3, -0.25) is 24.0 Å². The van der Waals surface area contributed by atoms with Crippen LogP contribution in [0.5, 0.6) is 0 Å². The molecule has 15 atom stereocenters. The zero-order chi connectivity index (χ0) is 54.4. The molecule has 0 aromatic carbocycles. The number of aliphatic hydroxyl groups excluding tert-OH is 3. The number of Topliss-reactive ketones (excluding diaryl/α,β-unsaturated/α-hetero) is 2. The van der Waals surface area contributed by atoms with Crippen LogP contribution in [0.3, 0.4) is 0 Å². The Bertz CT molecular complexity index is 2010. The Morgan fingerprint density at radius 1 is 0.890 bits per heavy atom. The molecule has 5 N–H and O–H groups in total. The topological polar surface area (TPSA) is 246 Å². The first kappa shape index (κ1) is 61.6. The molecule has 0 unspecified atom stereocenters. The summed E-state index contributed by atoms with van der Waals surface area (Å²) < 4.78 is 35.5. The second-order valence-electron chi connectivity index (χ2n) is 21.9. The predicted octanol–water partition coefficient (Wildman–Crippen LogP) is 5.70. The number of carbonyl (C=O) groups is 5. The van der Waals surface area contributed by atoms with Crippen molar-refractivity contribution in [1.82, 2.24) is 4.90 Å². The number of hydrogen-bond donors (Lipinski definition) is 4. The summed E-state index contributed by atoms with van der Waals surface area (Å²) in [5.41, 5.74) is -0.226. The molecule has 412 valence electrons. The summed E-state index contributed by atoms with van der Waals surface area (Å²) in [4.78, 5) is 83.1. The highest BCUT2D eigenvalue weighted by molar-refractivity contribution is 6.39. The first-order valence-electron chi connectivity index (χ1n) is 26.4. The van der Waals surface area contributed by atoms with Gasteiger partial charge >= 0.3 is 17.7 Å². The molecule has 2 bridgehead atoms. The van der Waals surface area contributed by atoms with Gasteiger partial charge in [0, 0.05) is 52.6 Å². The van der Waals surface area contributed by atoms with Crippen LogP contribution in [-0.2, 0) is 52.4 Å². The van der Waals surface area contributed by atoms with E-state index in [1.807, 2.05) is 58.1 Å². The zero-order valence-electron chi connectivity index (χ0n) is 45.3. The van der Waals surface area contributed by atoms with Gasteiger partial charge in [-0.25, -0.2) is 4.79 Å². The summed E-state index contributed by atoms with van der Waals surface area (Å²) in [6.45, 7) is 12.9. The number of aliphatic hydroxyl groups is 4. The second kappa shape index (κ2) is 28.3. The van der Waals surface area contributed by atoms with Gasteiger partial charge in [0.05, 0.1) is 37.4 Å². The average molecular weight is 1030 g/mol. The third kappa shape index (κ3) is 16.0. The fourth-order valence-corrected chi connectivity index (χ4v) is 10.7. The molecule has 17 nitrogen and oxygen atoms in total. The van der Waals surface area contributed by atoms with Crippen molar-refractivity contribution in [3.05, 3.63) is 47.6 Å². The van der Waals surface area contributed by atoms with Gasteiger partial charge in [-0.1, -0.05) is 71.1 Å². The molecular formula is C56H88NO16+. The Hall–Kier alpha value is -3.94. The van der Waals surface area contributed by atoms with Crippen LogP contribution in [0.1, 0.15) is 132 Å². The number of fused-ring (bicyclic) bond motifs is 3. The van der Waals surface area contributed by atoms with E-state index in [0.29, 0.717) is 69.8 Å². The monoisotopic (exact) mass is 1030 g/mol. The summed E-state index contributed by atoms with van der Waals surface area (Å²) in [6.07, 6.45) is 10.2. The summed E-state index contributed by atoms with van der Waals surface area (Å²) in [7, 11) is 4.48. The number of ketones is 3. The van der Waals surface area contributed by atoms with Crippen molar-refractivity contribution in [2.45, 2.75) is 187 Å². The molecule has 3 fully saturated rings. The highest BCUT2D eigenvalue weighted by Gasteiger charge is 2.53. The maximum Gasteiger partial charge on any atom is 0.329 e. The number of amides is 1. The fourth-order valence-electron chi connectivity index (χ4n) is 10.7. The largest absolute Gasteiger partial charge is 0.460 e. The van der Waals surface area contributed by atoms with E-state index in [4.69, 9.17) is 28.4 Å². The molecule has 1 saturated carbocycles. The van der Waals surface area contributed by atoms with Crippen LogP contribution in [-0.4, -0.2) is 161 Å². The lowest BCUT2D eigenvalue weighted by Gasteiger charge is -2.42. The molecule has 0 radical (unpaired) electrons. The number of allylic oxidation sites excluding steroid dienone is 6. The molecule has 1 amide bonds. The van der Waals surface area contributed by atoms with E-state index in [1.54, 1.807) is 34.0 Å². The number of nitrogens with zero attached hydrogens (tertiary/aromatic N) is 1. The van der Waals surface area contributed by atoms with E-state index in [0.717, 1.165) is 5.57 Å². The third-order valence-corrected chi connectivity index (χ3v) is 15.9. The molecule has 1 aliphatic carbocycles. The van der Waals surface area contributed by atoms with Crippen molar-refractivity contribution in [3.63, 3.8) is 0 Å². The van der Waals surface area contributed by atoms with Gasteiger partial charge in [0.1, 0.15) is 35.6 Å². The summed E-state index contributed by atoms with van der Waals surface area (Å²) in [6, 6.07) is -1.19. The minimum absolute atomic E-state index is 0.0325. The lowest BCUT2D eigenvalue weighted by molar-refractivity contribution is -0.265. The smallest absolute Gasteiger partial charge is 0.329 e. The second-order valence-corrected chi connectivity index (χ2v) is 21.9. The molecule has 0 aromatic rings. The normalized spacial score (nSPS) is 37.4. The number of cyclic esters (lactones) is 1. The highest BCUT2D eigenvalue weighted by Crippen LogP contribution is 2.38. The summed E-state index contributed by atoms with van der Waals surface area (Å²) in [5, 5.41) is 43.1. The molecule has 3 aliphatic heterocycles. The van der Waals surface area contributed by atoms with Crippen LogP contribution in [0, 0.1) is 40.9 Å². The van der Waals surface area contributed by atoms with Gasteiger partial charge < -0.3 is 53.7 Å². The van der Waals surface area contributed by atoms with Gasteiger partial charge in [-0.2, -0.15) is 0 Å². The van der Waals surface area contributed by atoms with Crippen molar-refractivity contribution in [2.75, 3.05) is 41.1 Å². The molecule has 4 aliphatic rings. The molecule has 2 saturated heterocycles. The van der Waals surface area contributed by atoms with Crippen LogP contribution >= 0.6 is 0 Å². The SMILES string of the molecule is CO[C@H]1C[C@@H]2CC[C@@H](C)[C@@](O)(O2)C(=O)C(=O)N2CCCC[C@H]2C(=O)O[C@H]([C@@H](C)C[C@@H]2CC[C@@H](OC(=O)C(C)(CO)CO)[C@H](OC)C2)CC(=O)[C@H](C)/C=C(\C)[C@@H](O)[C@@H](OC)C(=[OH+])[C@H](C)C[C@H](C)/C=C/C=C/C=C/1C. The van der Waals surface area contributed by atoms with Crippen molar-refractivity contribution in [3.8, 4) is 0 Å². The molecule has 73 heavy (non-hydrogen) atoms. The van der Waals surface area contributed by atoms with Crippen molar-refractivity contribution in [2.24, 2.45) is 40.9 Å². The number of esters is 2. The van der Waals surface area contributed by atoms with Gasteiger partial charge in [0.15, 0.2) is 6.10 Å². The van der Waals surface area contributed by atoms with Gasteiger partial charge in [-0.05, 0) is 114 Å². The van der Waals surface area contributed by atoms with Crippen LogP contribution in [0.2, 0.25) is 0 Å². The number of methoxy groups -OCH3 is 3. The van der Waals surface area contributed by atoms with Crippen molar-refractivity contribution in [1.29, 1.82) is 0 Å². The lowest BCUT2D eigenvalue weighted by Crippen LogP contribution is -2.61.